The van der Waals surface area contributed by atoms with Gasteiger partial charge in [-0.25, -0.2) is 4.98 Å². The fourth-order valence-corrected chi connectivity index (χ4v) is 2.64. The van der Waals surface area contributed by atoms with Gasteiger partial charge in [0.05, 0.1) is 11.4 Å². The average molecular weight is 375 g/mol. The number of rotatable bonds is 8. The van der Waals surface area contributed by atoms with Crippen LogP contribution >= 0.6 is 0 Å². The molecule has 1 fully saturated rings. The Morgan fingerprint density at radius 2 is 2.00 bits per heavy atom. The summed E-state index contributed by atoms with van der Waals surface area (Å²) in [5, 5.41) is 3.32. The average Bonchev–Trinajstić information content (AvgIpc) is 3.45. The molecule has 1 aliphatic rings. The minimum absolute atomic E-state index is 0.304. The molecule has 0 spiro atoms. The second kappa shape index (κ2) is 8.33. The van der Waals surface area contributed by atoms with E-state index in [9.17, 15) is 4.21 Å². The van der Waals surface area contributed by atoms with Crippen LogP contribution in [0.5, 0.6) is 0 Å². The molecule has 0 amide bonds. The van der Waals surface area contributed by atoms with Crippen molar-refractivity contribution in [2.24, 2.45) is 4.36 Å². The highest BCUT2D eigenvalue weighted by Crippen LogP contribution is 2.39. The van der Waals surface area contributed by atoms with Crippen LogP contribution in [-0.2, 0) is 15.1 Å². The largest absolute Gasteiger partial charge is 0.454 e. The normalized spacial score (nSPS) is 16.1. The van der Waals surface area contributed by atoms with Crippen LogP contribution in [0.3, 0.4) is 0 Å². The maximum absolute atomic E-state index is 10.7. The van der Waals surface area contributed by atoms with Gasteiger partial charge in [-0.15, -0.1) is 0 Å². The summed E-state index contributed by atoms with van der Waals surface area (Å²) in [6.45, 7) is 4.22. The Balaban J connectivity index is 1.70. The van der Waals surface area contributed by atoms with Crippen LogP contribution in [0.2, 0.25) is 0 Å². The third kappa shape index (κ3) is 5.30. The predicted octanol–water partition coefficient (Wildman–Crippen LogP) is 4.26. The maximum atomic E-state index is 10.7. The molecule has 1 aromatic carbocycles. The van der Waals surface area contributed by atoms with Crippen LogP contribution in [0, 0.1) is 0 Å². The van der Waals surface area contributed by atoms with Gasteiger partial charge in [-0.3, -0.25) is 10.9 Å². The maximum Gasteiger partial charge on any atom is 0.225 e. The second-order valence-corrected chi connectivity index (χ2v) is 6.99. The topological polar surface area (TPSA) is 112 Å². The van der Waals surface area contributed by atoms with Crippen LogP contribution in [-0.4, -0.2) is 20.6 Å². The SMILES string of the molecule is CC[C@@H](C)Nc1nc(NNc2ccc(N=[S-](=O)O)cc2)cc(C2CC2)n1. The van der Waals surface area contributed by atoms with Crippen LogP contribution in [0.15, 0.2) is 34.7 Å². The quantitative estimate of drug-likeness (QED) is 0.310. The molecule has 8 nitrogen and oxygen atoms in total. The number of hydrogen-bond donors (Lipinski definition) is 4. The fraction of sp³-hybridized carbons (Fsp3) is 0.412. The van der Waals surface area contributed by atoms with E-state index in [-0.39, 0.29) is 0 Å². The molecule has 26 heavy (non-hydrogen) atoms. The molecule has 1 atom stereocenters. The molecule has 0 bridgehead atoms. The Bertz CT molecular complexity index is 832. The van der Waals surface area contributed by atoms with E-state index in [0.29, 0.717) is 29.4 Å². The highest BCUT2D eigenvalue weighted by atomic mass is 32.2. The van der Waals surface area contributed by atoms with Gasteiger partial charge in [0.2, 0.25) is 5.95 Å². The lowest BCUT2D eigenvalue weighted by molar-refractivity contribution is 0.529. The minimum atomic E-state index is -2.20. The molecule has 4 N–H and O–H groups in total. The first-order valence-electron chi connectivity index (χ1n) is 8.64. The van der Waals surface area contributed by atoms with E-state index in [1.807, 2.05) is 6.07 Å². The van der Waals surface area contributed by atoms with Crippen molar-refractivity contribution in [2.45, 2.75) is 45.1 Å². The van der Waals surface area contributed by atoms with Gasteiger partial charge in [-0.2, -0.15) is 4.98 Å². The molecule has 1 aromatic heterocycles. The summed E-state index contributed by atoms with van der Waals surface area (Å²) in [5.74, 6) is 1.85. The monoisotopic (exact) mass is 375 g/mol. The summed E-state index contributed by atoms with van der Waals surface area (Å²) in [4.78, 5) is 9.14. The zero-order valence-corrected chi connectivity index (χ0v) is 15.6. The fourth-order valence-electron chi connectivity index (χ4n) is 2.34. The summed E-state index contributed by atoms with van der Waals surface area (Å²) in [6.07, 6.45) is 3.34. The lowest BCUT2D eigenvalue weighted by Crippen LogP contribution is -2.18. The smallest absolute Gasteiger partial charge is 0.225 e. The predicted molar refractivity (Wildman–Crippen MR) is 104 cm³/mol. The van der Waals surface area contributed by atoms with E-state index in [1.54, 1.807) is 24.3 Å². The summed E-state index contributed by atoms with van der Waals surface area (Å²) >= 11 is 0. The molecule has 1 heterocycles. The number of nitrogens with one attached hydrogen (secondary N) is 3. The number of anilines is 3. The number of hydrogen-bond acceptors (Lipinski definition) is 8. The van der Waals surface area contributed by atoms with Gasteiger partial charge in [-0.05, 0) is 50.5 Å². The molecule has 0 radical (unpaired) electrons. The molecule has 0 saturated heterocycles. The Morgan fingerprint density at radius 1 is 1.27 bits per heavy atom. The van der Waals surface area contributed by atoms with Gasteiger partial charge in [0, 0.05) is 23.7 Å². The van der Waals surface area contributed by atoms with Gasteiger partial charge in [0.25, 0.3) is 0 Å². The zero-order valence-electron chi connectivity index (χ0n) is 14.8. The van der Waals surface area contributed by atoms with Crippen molar-refractivity contribution < 1.29 is 8.76 Å². The van der Waals surface area contributed by atoms with Crippen molar-refractivity contribution in [3.05, 3.63) is 36.0 Å². The van der Waals surface area contributed by atoms with Crippen molar-refractivity contribution in [2.75, 3.05) is 16.2 Å². The number of benzene rings is 1. The van der Waals surface area contributed by atoms with Crippen molar-refractivity contribution in [3.8, 4) is 0 Å². The first-order chi connectivity index (χ1) is 12.5. The van der Waals surface area contributed by atoms with E-state index in [0.717, 1.165) is 17.8 Å². The summed E-state index contributed by atoms with van der Waals surface area (Å²) < 4.78 is 23.0. The van der Waals surface area contributed by atoms with Crippen molar-refractivity contribution >= 4 is 34.0 Å². The van der Waals surface area contributed by atoms with Gasteiger partial charge in [0.15, 0.2) is 0 Å². The summed E-state index contributed by atoms with van der Waals surface area (Å²) in [5.41, 5.74) is 8.45. The third-order valence-corrected chi connectivity index (χ3v) is 4.48. The second-order valence-electron chi connectivity index (χ2n) is 6.35. The zero-order chi connectivity index (χ0) is 18.5. The number of aromatic nitrogens is 2. The van der Waals surface area contributed by atoms with Crippen LogP contribution in [0.4, 0.5) is 23.1 Å². The number of hydrazine groups is 1. The van der Waals surface area contributed by atoms with Crippen molar-refractivity contribution in [1.82, 2.24) is 9.97 Å². The van der Waals surface area contributed by atoms with E-state index in [1.165, 1.54) is 12.8 Å². The molecule has 3 rings (SSSR count). The van der Waals surface area contributed by atoms with Crippen molar-refractivity contribution in [3.63, 3.8) is 0 Å². The molecular formula is C17H23N6O2S-. The van der Waals surface area contributed by atoms with E-state index < -0.39 is 10.9 Å². The molecule has 9 heteroatoms. The lowest BCUT2D eigenvalue weighted by Gasteiger charge is -2.15. The van der Waals surface area contributed by atoms with E-state index >= 15 is 0 Å². The highest BCUT2D eigenvalue weighted by Gasteiger charge is 2.26. The van der Waals surface area contributed by atoms with Crippen molar-refractivity contribution in [1.29, 1.82) is 0 Å². The summed E-state index contributed by atoms with van der Waals surface area (Å²) in [6, 6.07) is 9.11. The Kier molecular flexibility index (Phi) is 5.89. The Labute approximate surface area is 154 Å². The summed E-state index contributed by atoms with van der Waals surface area (Å²) in [7, 11) is -2.20. The minimum Gasteiger partial charge on any atom is -0.454 e. The highest BCUT2D eigenvalue weighted by molar-refractivity contribution is 7.68. The molecule has 2 aromatic rings. The Morgan fingerprint density at radius 3 is 2.62 bits per heavy atom. The molecule has 1 aliphatic carbocycles. The van der Waals surface area contributed by atoms with Gasteiger partial charge in [0.1, 0.15) is 5.82 Å². The Hall–Kier alpha value is -2.39. The van der Waals surface area contributed by atoms with Crippen LogP contribution in [0.1, 0.15) is 44.7 Å². The standard InChI is InChI=1S/C17H23N6O2S/c1-3-11(2)18-17-19-15(12-4-5-12)10-16(20-17)22-21-13-6-8-14(9-7-13)23-26(24)25/h6-12,21H,3-5H2,1-2H3,(H,23,24,25)(H2,18,19,20,22)/q-1/t11-/m1/s1. The third-order valence-electron chi connectivity index (χ3n) is 4.12. The number of nitrogens with zero attached hydrogens (tertiary/aromatic N) is 3. The molecule has 140 valence electrons. The molecular weight excluding hydrogens is 352 g/mol. The first kappa shape index (κ1) is 18.4. The van der Waals surface area contributed by atoms with Crippen LogP contribution in [0.25, 0.3) is 0 Å². The van der Waals surface area contributed by atoms with Gasteiger partial charge < -0.3 is 18.4 Å². The molecule has 1 saturated carbocycles. The van der Waals surface area contributed by atoms with Gasteiger partial charge in [-0.1, -0.05) is 17.8 Å². The molecule has 0 aliphatic heterocycles. The van der Waals surface area contributed by atoms with E-state index in [4.69, 9.17) is 4.55 Å². The van der Waals surface area contributed by atoms with E-state index in [2.05, 4.69) is 44.3 Å². The van der Waals surface area contributed by atoms with Crippen LogP contribution < -0.4 is 16.2 Å². The lowest BCUT2D eigenvalue weighted by atomic mass is 10.2. The van der Waals surface area contributed by atoms with Gasteiger partial charge >= 0.3 is 0 Å². The molecule has 0 unspecified atom stereocenters. The first-order valence-corrected chi connectivity index (χ1v) is 9.70.